The summed E-state index contributed by atoms with van der Waals surface area (Å²) in [7, 11) is 0. The smallest absolute Gasteiger partial charge is 0.266 e. The van der Waals surface area contributed by atoms with E-state index in [9.17, 15) is 4.79 Å². The summed E-state index contributed by atoms with van der Waals surface area (Å²) in [4.78, 5) is 14.9. The lowest BCUT2D eigenvalue weighted by Crippen LogP contribution is -2.35. The fourth-order valence-electron chi connectivity index (χ4n) is 2.98. The van der Waals surface area contributed by atoms with E-state index in [2.05, 4.69) is 15.9 Å². The van der Waals surface area contributed by atoms with Crippen LogP contribution < -0.4 is 0 Å². The summed E-state index contributed by atoms with van der Waals surface area (Å²) >= 11 is 10.1. The van der Waals surface area contributed by atoms with Crippen molar-refractivity contribution < 1.29 is 13.9 Å². The first-order valence-corrected chi connectivity index (χ1v) is 10.3. The highest BCUT2D eigenvalue weighted by Crippen LogP contribution is 2.34. The lowest BCUT2D eigenvalue weighted by atomic mass is 10.2. The molecule has 0 bridgehead atoms. The van der Waals surface area contributed by atoms with E-state index >= 15 is 0 Å². The molecule has 1 aromatic carbocycles. The summed E-state index contributed by atoms with van der Waals surface area (Å²) in [6.07, 6.45) is 3.87. The highest BCUT2D eigenvalue weighted by atomic mass is 79.9. The van der Waals surface area contributed by atoms with Crippen molar-refractivity contribution in [1.82, 2.24) is 4.90 Å². The van der Waals surface area contributed by atoms with Gasteiger partial charge in [-0.15, -0.1) is 0 Å². The third-order valence-electron chi connectivity index (χ3n) is 4.31. The molecule has 0 N–H and O–H groups in total. The van der Waals surface area contributed by atoms with Crippen LogP contribution in [-0.4, -0.2) is 34.4 Å². The number of amides is 1. The number of halogens is 1. The van der Waals surface area contributed by atoms with E-state index in [1.807, 2.05) is 36.4 Å². The van der Waals surface area contributed by atoms with Gasteiger partial charge in [0, 0.05) is 22.7 Å². The number of carbonyl (C=O) groups is 1. The second-order valence-electron chi connectivity index (χ2n) is 6.14. The van der Waals surface area contributed by atoms with Crippen molar-refractivity contribution in [2.24, 2.45) is 0 Å². The molecule has 1 aromatic heterocycles. The Kier molecular flexibility index (Phi) is 5.31. The summed E-state index contributed by atoms with van der Waals surface area (Å²) in [6, 6.07) is 11.7. The zero-order chi connectivity index (χ0) is 18.1. The molecule has 2 aliphatic rings. The molecule has 0 spiro atoms. The molecule has 134 valence electrons. The van der Waals surface area contributed by atoms with Crippen molar-refractivity contribution >= 4 is 56.2 Å². The molecule has 4 rings (SSSR count). The molecule has 1 unspecified atom stereocenters. The van der Waals surface area contributed by atoms with E-state index in [1.165, 1.54) is 11.8 Å². The van der Waals surface area contributed by atoms with Crippen LogP contribution in [0.15, 0.2) is 50.2 Å². The number of rotatable bonds is 4. The zero-order valence-electron chi connectivity index (χ0n) is 13.8. The van der Waals surface area contributed by atoms with Crippen molar-refractivity contribution in [2.75, 3.05) is 13.2 Å². The maximum atomic E-state index is 12.7. The minimum Gasteiger partial charge on any atom is -0.457 e. The van der Waals surface area contributed by atoms with Gasteiger partial charge >= 0.3 is 0 Å². The van der Waals surface area contributed by atoms with Gasteiger partial charge in [0.25, 0.3) is 5.91 Å². The Morgan fingerprint density at radius 1 is 1.27 bits per heavy atom. The molecule has 2 fully saturated rings. The number of hydrogen-bond acceptors (Lipinski definition) is 5. The van der Waals surface area contributed by atoms with Crippen LogP contribution in [0.1, 0.15) is 18.6 Å². The van der Waals surface area contributed by atoms with Gasteiger partial charge in [-0.2, -0.15) is 0 Å². The summed E-state index contributed by atoms with van der Waals surface area (Å²) in [5, 5.41) is 0. The summed E-state index contributed by atoms with van der Waals surface area (Å²) in [5.74, 6) is 1.33. The van der Waals surface area contributed by atoms with Gasteiger partial charge < -0.3 is 9.15 Å². The molecule has 26 heavy (non-hydrogen) atoms. The predicted molar refractivity (Wildman–Crippen MR) is 111 cm³/mol. The quantitative estimate of drug-likeness (QED) is 0.480. The van der Waals surface area contributed by atoms with Crippen LogP contribution >= 0.6 is 39.9 Å². The van der Waals surface area contributed by atoms with E-state index in [1.54, 1.807) is 11.0 Å². The second-order valence-corrected chi connectivity index (χ2v) is 8.73. The van der Waals surface area contributed by atoms with Crippen molar-refractivity contribution in [3.8, 4) is 11.3 Å². The lowest BCUT2D eigenvalue weighted by molar-refractivity contribution is -0.123. The second kappa shape index (κ2) is 7.68. The molecule has 2 aromatic rings. The number of thiocarbonyl (C=S) groups is 1. The van der Waals surface area contributed by atoms with Gasteiger partial charge in [0.05, 0.1) is 17.6 Å². The Bertz CT molecular complexity index is 869. The molecule has 1 atom stereocenters. The van der Waals surface area contributed by atoms with Gasteiger partial charge in [-0.25, -0.2) is 0 Å². The minimum atomic E-state index is -0.0721. The zero-order valence-corrected chi connectivity index (χ0v) is 17.0. The molecule has 4 nitrogen and oxygen atoms in total. The third-order valence-corrected chi connectivity index (χ3v) is 6.22. The van der Waals surface area contributed by atoms with Crippen LogP contribution in [0.5, 0.6) is 0 Å². The average molecular weight is 450 g/mol. The Balaban J connectivity index is 1.50. The van der Waals surface area contributed by atoms with Crippen LogP contribution in [0.4, 0.5) is 0 Å². The SMILES string of the molecule is O=C1/C(=C\c2ccc(-c3ccc(Br)cc3)o2)SC(=S)N1CC1CCCO1. The fourth-order valence-corrected chi connectivity index (χ4v) is 4.50. The fraction of sp³-hybridized carbons (Fsp3) is 0.263. The maximum Gasteiger partial charge on any atom is 0.266 e. The molecule has 2 aliphatic heterocycles. The van der Waals surface area contributed by atoms with E-state index in [-0.39, 0.29) is 12.0 Å². The molecular weight excluding hydrogens is 434 g/mol. The van der Waals surface area contributed by atoms with Gasteiger partial charge in [0.2, 0.25) is 0 Å². The number of benzene rings is 1. The third kappa shape index (κ3) is 3.81. The van der Waals surface area contributed by atoms with Crippen LogP contribution in [0.3, 0.4) is 0 Å². The number of hydrogen-bond donors (Lipinski definition) is 0. The molecular formula is C19H16BrNO3S2. The Morgan fingerprint density at radius 2 is 2.08 bits per heavy atom. The predicted octanol–water partition coefficient (Wildman–Crippen LogP) is 5.09. The van der Waals surface area contributed by atoms with Gasteiger partial charge in [0.1, 0.15) is 15.8 Å². The van der Waals surface area contributed by atoms with Crippen LogP contribution in [0.2, 0.25) is 0 Å². The number of thioether (sulfide) groups is 1. The van der Waals surface area contributed by atoms with Gasteiger partial charge in [-0.1, -0.05) is 52.0 Å². The highest BCUT2D eigenvalue weighted by molar-refractivity contribution is 9.10. The minimum absolute atomic E-state index is 0.0721. The Hall–Kier alpha value is -1.41. The Labute approximate surface area is 169 Å². The van der Waals surface area contributed by atoms with E-state index < -0.39 is 0 Å². The summed E-state index contributed by atoms with van der Waals surface area (Å²) in [6.45, 7) is 1.30. The summed E-state index contributed by atoms with van der Waals surface area (Å²) < 4.78 is 13.1. The maximum absolute atomic E-state index is 12.7. The molecule has 3 heterocycles. The first-order chi connectivity index (χ1) is 12.6. The molecule has 7 heteroatoms. The van der Waals surface area contributed by atoms with Gasteiger partial charge in [0.15, 0.2) is 0 Å². The number of carbonyl (C=O) groups excluding carboxylic acids is 1. The average Bonchev–Trinajstić information content (AvgIpc) is 3.35. The monoisotopic (exact) mass is 449 g/mol. The highest BCUT2D eigenvalue weighted by Gasteiger charge is 2.34. The van der Waals surface area contributed by atoms with Crippen molar-refractivity contribution in [3.05, 3.63) is 51.5 Å². The van der Waals surface area contributed by atoms with Crippen LogP contribution in [-0.2, 0) is 9.53 Å². The topological polar surface area (TPSA) is 42.7 Å². The van der Waals surface area contributed by atoms with Crippen molar-refractivity contribution in [3.63, 3.8) is 0 Å². The van der Waals surface area contributed by atoms with E-state index in [0.29, 0.717) is 21.5 Å². The number of nitrogens with zero attached hydrogens (tertiary/aromatic N) is 1. The standard InChI is InChI=1S/C19H16BrNO3S2/c20-13-5-3-12(4-6-13)16-8-7-14(24-16)10-17-18(22)21(19(25)26-17)11-15-2-1-9-23-15/h3-8,10,15H,1-2,9,11H2/b17-10+. The number of furan rings is 1. The lowest BCUT2D eigenvalue weighted by Gasteiger charge is -2.18. The van der Waals surface area contributed by atoms with Crippen LogP contribution in [0, 0.1) is 0 Å². The molecule has 0 radical (unpaired) electrons. The molecule has 2 saturated heterocycles. The summed E-state index contributed by atoms with van der Waals surface area (Å²) in [5.41, 5.74) is 0.985. The first kappa shape index (κ1) is 18.0. The Morgan fingerprint density at radius 3 is 2.81 bits per heavy atom. The molecule has 1 amide bonds. The van der Waals surface area contributed by atoms with Crippen molar-refractivity contribution in [2.45, 2.75) is 18.9 Å². The first-order valence-electron chi connectivity index (χ1n) is 8.33. The number of ether oxygens (including phenoxy) is 1. The van der Waals surface area contributed by atoms with Gasteiger partial charge in [-0.3, -0.25) is 9.69 Å². The van der Waals surface area contributed by atoms with E-state index in [0.717, 1.165) is 35.2 Å². The van der Waals surface area contributed by atoms with Crippen molar-refractivity contribution in [1.29, 1.82) is 0 Å². The molecule has 0 aliphatic carbocycles. The largest absolute Gasteiger partial charge is 0.457 e. The van der Waals surface area contributed by atoms with Crippen LogP contribution in [0.25, 0.3) is 17.4 Å². The molecule has 0 saturated carbocycles. The van der Waals surface area contributed by atoms with E-state index in [4.69, 9.17) is 21.4 Å². The van der Waals surface area contributed by atoms with Gasteiger partial charge in [-0.05, 0) is 37.1 Å². The normalized spacial score (nSPS) is 22.0.